The second-order valence-corrected chi connectivity index (χ2v) is 9.99. The number of aromatic carboxylic acids is 1. The van der Waals surface area contributed by atoms with Crippen LogP contribution in [0.2, 0.25) is 0 Å². The van der Waals surface area contributed by atoms with Crippen LogP contribution in [-0.4, -0.2) is 17.9 Å². The Kier molecular flexibility index (Phi) is 8.44. The number of anilines is 1. The molecule has 2 aromatic rings. The maximum atomic E-state index is 13.7. The standard InChI is InChI=1S/C25H31NO3S.Li/c1-17-12-14-19(15-13-17)24(27)26(20-10-6-3-7-11-20)21-16-22(30-23(21)25(28)29)18-8-4-2-5-9-18;/h2,4-5,8-9,16-17,19-20H,3,6-7,10-15H2,1H3,(H,28,29);/q;+1/p-1. The minimum Gasteiger partial charge on any atom is -0.544 e. The quantitative estimate of drug-likeness (QED) is 0.683. The molecular formula is C25H30LiNO3S. The molecule has 0 radical (unpaired) electrons. The van der Waals surface area contributed by atoms with Crippen LogP contribution in [-0.2, 0) is 4.79 Å². The van der Waals surface area contributed by atoms with Gasteiger partial charge in [-0.3, -0.25) is 4.79 Å². The number of hydrogen-bond donors (Lipinski definition) is 0. The predicted octanol–water partition coefficient (Wildman–Crippen LogP) is 2.27. The van der Waals surface area contributed by atoms with Gasteiger partial charge >= 0.3 is 18.9 Å². The van der Waals surface area contributed by atoms with Gasteiger partial charge in [0, 0.05) is 16.8 Å². The average molecular weight is 432 g/mol. The van der Waals surface area contributed by atoms with Crippen molar-refractivity contribution in [3.8, 4) is 10.4 Å². The van der Waals surface area contributed by atoms with Crippen LogP contribution in [0.5, 0.6) is 0 Å². The monoisotopic (exact) mass is 431 g/mol. The van der Waals surface area contributed by atoms with Crippen molar-refractivity contribution < 1.29 is 33.6 Å². The Balaban J connectivity index is 0.00000272. The summed E-state index contributed by atoms with van der Waals surface area (Å²) in [6, 6.07) is 11.8. The van der Waals surface area contributed by atoms with Crippen LogP contribution in [0, 0.1) is 11.8 Å². The fraction of sp³-hybridized carbons (Fsp3) is 0.520. The minimum atomic E-state index is -1.19. The number of hydrogen-bond acceptors (Lipinski definition) is 4. The molecule has 1 aromatic carbocycles. The first-order valence-electron chi connectivity index (χ1n) is 11.3. The molecule has 31 heavy (non-hydrogen) atoms. The number of carboxylic acid groups (broad SMARTS) is 1. The largest absolute Gasteiger partial charge is 1.00 e. The Morgan fingerprint density at radius 2 is 1.61 bits per heavy atom. The Morgan fingerprint density at radius 1 is 0.968 bits per heavy atom. The van der Waals surface area contributed by atoms with E-state index >= 15 is 0 Å². The molecule has 1 amide bonds. The van der Waals surface area contributed by atoms with Gasteiger partial charge in [-0.05, 0) is 56.1 Å². The number of benzene rings is 1. The third-order valence-corrected chi connectivity index (χ3v) is 7.91. The molecule has 4 nitrogen and oxygen atoms in total. The van der Waals surface area contributed by atoms with Gasteiger partial charge < -0.3 is 14.8 Å². The van der Waals surface area contributed by atoms with E-state index in [2.05, 4.69) is 6.92 Å². The third-order valence-electron chi connectivity index (χ3n) is 6.76. The Labute approximate surface area is 201 Å². The van der Waals surface area contributed by atoms with Crippen molar-refractivity contribution in [3.05, 3.63) is 41.3 Å². The summed E-state index contributed by atoms with van der Waals surface area (Å²) in [7, 11) is 0. The topological polar surface area (TPSA) is 60.4 Å². The van der Waals surface area contributed by atoms with Crippen LogP contribution in [0.3, 0.4) is 0 Å². The average Bonchev–Trinajstić information content (AvgIpc) is 3.21. The van der Waals surface area contributed by atoms with Crippen molar-refractivity contribution in [2.24, 2.45) is 11.8 Å². The fourth-order valence-electron chi connectivity index (χ4n) is 4.99. The summed E-state index contributed by atoms with van der Waals surface area (Å²) in [5, 5.41) is 12.1. The van der Waals surface area contributed by atoms with Crippen molar-refractivity contribution in [1.29, 1.82) is 0 Å². The molecule has 0 N–H and O–H groups in total. The van der Waals surface area contributed by atoms with Gasteiger partial charge in [0.1, 0.15) is 0 Å². The van der Waals surface area contributed by atoms with E-state index in [1.54, 1.807) is 0 Å². The molecule has 4 rings (SSSR count). The molecule has 160 valence electrons. The minimum absolute atomic E-state index is 0. The van der Waals surface area contributed by atoms with Crippen molar-refractivity contribution in [2.45, 2.75) is 70.8 Å². The summed E-state index contributed by atoms with van der Waals surface area (Å²) in [4.78, 5) is 28.7. The molecule has 1 heterocycles. The smallest absolute Gasteiger partial charge is 0.544 e. The molecule has 1 aromatic heterocycles. The van der Waals surface area contributed by atoms with Crippen molar-refractivity contribution in [2.75, 3.05) is 4.90 Å². The molecule has 0 bridgehead atoms. The van der Waals surface area contributed by atoms with Gasteiger partial charge in [0.15, 0.2) is 0 Å². The Hall–Kier alpha value is -1.54. The van der Waals surface area contributed by atoms with E-state index in [-0.39, 0.29) is 41.6 Å². The predicted molar refractivity (Wildman–Crippen MR) is 120 cm³/mol. The van der Waals surface area contributed by atoms with E-state index < -0.39 is 5.97 Å². The fourth-order valence-corrected chi connectivity index (χ4v) is 5.98. The van der Waals surface area contributed by atoms with E-state index in [0.717, 1.165) is 61.8 Å². The number of carbonyl (C=O) groups excluding carboxylic acids is 2. The van der Waals surface area contributed by atoms with Gasteiger partial charge in [-0.25, -0.2) is 0 Å². The summed E-state index contributed by atoms with van der Waals surface area (Å²) < 4.78 is 0. The number of carbonyl (C=O) groups is 2. The first-order chi connectivity index (χ1) is 14.5. The summed E-state index contributed by atoms with van der Waals surface area (Å²) >= 11 is 1.22. The van der Waals surface area contributed by atoms with Crippen LogP contribution in [0.15, 0.2) is 36.4 Å². The summed E-state index contributed by atoms with van der Waals surface area (Å²) in [5.74, 6) is -0.406. The summed E-state index contributed by atoms with van der Waals surface area (Å²) in [6.45, 7) is 2.25. The van der Waals surface area contributed by atoms with E-state index in [1.807, 2.05) is 41.3 Å². The maximum Gasteiger partial charge on any atom is 1.00 e. The third kappa shape index (κ3) is 5.45. The van der Waals surface area contributed by atoms with Gasteiger partial charge in [-0.1, -0.05) is 56.5 Å². The Morgan fingerprint density at radius 3 is 2.23 bits per heavy atom. The van der Waals surface area contributed by atoms with Crippen LogP contribution >= 0.6 is 11.3 Å². The summed E-state index contributed by atoms with van der Waals surface area (Å²) in [5.41, 5.74) is 1.52. The zero-order chi connectivity index (χ0) is 21.1. The van der Waals surface area contributed by atoms with E-state index in [1.165, 1.54) is 17.8 Å². The summed E-state index contributed by atoms with van der Waals surface area (Å²) in [6.07, 6.45) is 9.20. The first-order valence-corrected chi connectivity index (χ1v) is 12.1. The molecular weight excluding hydrogens is 401 g/mol. The molecule has 0 saturated heterocycles. The maximum absolute atomic E-state index is 13.7. The van der Waals surface area contributed by atoms with E-state index in [0.29, 0.717) is 11.6 Å². The molecule has 2 saturated carbocycles. The first kappa shape index (κ1) is 24.1. The molecule has 6 heteroatoms. The zero-order valence-electron chi connectivity index (χ0n) is 18.6. The van der Waals surface area contributed by atoms with Gasteiger partial charge in [-0.15, -0.1) is 11.3 Å². The Bertz CT molecular complexity index is 883. The number of amides is 1. The van der Waals surface area contributed by atoms with Crippen molar-refractivity contribution >= 4 is 28.9 Å². The second kappa shape index (κ2) is 10.9. The van der Waals surface area contributed by atoms with Gasteiger partial charge in [0.2, 0.25) is 5.91 Å². The molecule has 0 atom stereocenters. The molecule has 2 fully saturated rings. The van der Waals surface area contributed by atoms with Gasteiger partial charge in [0.05, 0.1) is 16.5 Å². The van der Waals surface area contributed by atoms with E-state index in [4.69, 9.17) is 0 Å². The van der Waals surface area contributed by atoms with Crippen molar-refractivity contribution in [3.63, 3.8) is 0 Å². The normalized spacial score (nSPS) is 21.8. The van der Waals surface area contributed by atoms with Gasteiger partial charge in [0.25, 0.3) is 0 Å². The molecule has 0 aliphatic heterocycles. The SMILES string of the molecule is CC1CCC(C(=O)N(c2cc(-c3ccccc3)sc2C(=O)[O-])C2CCCCC2)CC1.[Li+]. The number of thiophene rings is 1. The van der Waals surface area contributed by atoms with Crippen LogP contribution < -0.4 is 28.9 Å². The van der Waals surface area contributed by atoms with Crippen LogP contribution in [0.4, 0.5) is 5.69 Å². The van der Waals surface area contributed by atoms with Crippen molar-refractivity contribution in [1.82, 2.24) is 0 Å². The van der Waals surface area contributed by atoms with Crippen LogP contribution in [0.25, 0.3) is 10.4 Å². The number of carboxylic acids is 1. The zero-order valence-corrected chi connectivity index (χ0v) is 19.5. The second-order valence-electron chi connectivity index (χ2n) is 8.94. The number of nitrogens with zero attached hydrogens (tertiary/aromatic N) is 1. The molecule has 2 aliphatic carbocycles. The van der Waals surface area contributed by atoms with E-state index in [9.17, 15) is 14.7 Å². The molecule has 0 spiro atoms. The molecule has 2 aliphatic rings. The van der Waals surface area contributed by atoms with Gasteiger partial charge in [-0.2, -0.15) is 0 Å². The van der Waals surface area contributed by atoms with Crippen LogP contribution in [0.1, 0.15) is 74.4 Å². The molecule has 0 unspecified atom stereocenters. The number of rotatable bonds is 5.